The summed E-state index contributed by atoms with van der Waals surface area (Å²) >= 11 is 0. The van der Waals surface area contributed by atoms with Gasteiger partial charge >= 0.3 is 0 Å². The van der Waals surface area contributed by atoms with Gasteiger partial charge in [0.1, 0.15) is 5.82 Å². The maximum absolute atomic E-state index is 12.7. The average molecular weight is 255 g/mol. The summed E-state index contributed by atoms with van der Waals surface area (Å²) in [6.45, 7) is 0.0790. The summed E-state index contributed by atoms with van der Waals surface area (Å²) in [6.07, 6.45) is 1.02. The lowest BCUT2D eigenvalue weighted by atomic mass is 10.2. The minimum Gasteiger partial charge on any atom is -0.326 e. The molecule has 0 bridgehead atoms. The van der Waals surface area contributed by atoms with E-state index in [9.17, 15) is 12.8 Å². The van der Waals surface area contributed by atoms with E-state index in [1.54, 1.807) is 0 Å². The maximum Gasteiger partial charge on any atom is 0.229 e. The van der Waals surface area contributed by atoms with Crippen molar-refractivity contribution in [1.82, 2.24) is 0 Å². The van der Waals surface area contributed by atoms with Gasteiger partial charge in [0.25, 0.3) is 0 Å². The van der Waals surface area contributed by atoms with Crippen LogP contribution in [0.2, 0.25) is 0 Å². The van der Waals surface area contributed by atoms with Crippen LogP contribution in [0.5, 0.6) is 0 Å². The Hall–Kier alpha value is -0.850. The molecule has 0 saturated heterocycles. The predicted octanol–water partition coefficient (Wildman–Crippen LogP) is 1.08. The second-order valence-electron chi connectivity index (χ2n) is 2.88. The Morgan fingerprint density at radius 2 is 2.07 bits per heavy atom. The molecule has 0 heterocycles. The number of benzene rings is 1. The van der Waals surface area contributed by atoms with Gasteiger partial charge in [0.15, 0.2) is 0 Å². The summed E-state index contributed by atoms with van der Waals surface area (Å²) in [5.74, 6) is -0.440. The molecule has 0 aliphatic carbocycles. The molecule has 0 aliphatic rings. The van der Waals surface area contributed by atoms with E-state index in [1.165, 1.54) is 18.2 Å². The maximum atomic E-state index is 12.7. The topological polar surface area (TPSA) is 72.2 Å². The smallest absolute Gasteiger partial charge is 0.229 e. The van der Waals surface area contributed by atoms with Crippen LogP contribution in [0, 0.1) is 5.82 Å². The van der Waals surface area contributed by atoms with Crippen molar-refractivity contribution in [2.75, 3.05) is 11.0 Å². The van der Waals surface area contributed by atoms with Gasteiger partial charge in [-0.1, -0.05) is 0 Å². The molecule has 15 heavy (non-hydrogen) atoms. The lowest BCUT2D eigenvalue weighted by Gasteiger charge is -2.08. The lowest BCUT2D eigenvalue weighted by molar-refractivity contribution is 0.606. The molecule has 0 saturated carbocycles. The molecule has 0 atom stereocenters. The van der Waals surface area contributed by atoms with Crippen molar-refractivity contribution < 1.29 is 12.8 Å². The van der Waals surface area contributed by atoms with Gasteiger partial charge in [0, 0.05) is 6.54 Å². The van der Waals surface area contributed by atoms with Crippen LogP contribution in [-0.2, 0) is 16.6 Å². The molecule has 0 aliphatic heterocycles. The largest absolute Gasteiger partial charge is 0.326 e. The molecule has 1 rings (SSSR count). The zero-order valence-corrected chi connectivity index (χ0v) is 9.66. The van der Waals surface area contributed by atoms with Crippen molar-refractivity contribution in [1.29, 1.82) is 0 Å². The van der Waals surface area contributed by atoms with E-state index < -0.39 is 15.8 Å². The molecule has 1 aromatic rings. The van der Waals surface area contributed by atoms with E-state index in [0.717, 1.165) is 6.26 Å². The first-order chi connectivity index (χ1) is 6.42. The lowest BCUT2D eigenvalue weighted by Crippen LogP contribution is -2.12. The first-order valence-electron chi connectivity index (χ1n) is 3.88. The monoisotopic (exact) mass is 254 g/mol. The molecule has 0 aromatic heterocycles. The Bertz CT molecular complexity index is 436. The van der Waals surface area contributed by atoms with E-state index in [0.29, 0.717) is 11.3 Å². The van der Waals surface area contributed by atoms with Crippen molar-refractivity contribution in [3.63, 3.8) is 0 Å². The number of sulfonamides is 1. The second kappa shape index (κ2) is 5.29. The van der Waals surface area contributed by atoms with Gasteiger partial charge in [0.2, 0.25) is 10.0 Å². The Morgan fingerprint density at radius 1 is 1.47 bits per heavy atom. The molecular formula is C8H12ClFN2O2S. The van der Waals surface area contributed by atoms with E-state index >= 15 is 0 Å². The number of rotatable bonds is 3. The summed E-state index contributed by atoms with van der Waals surface area (Å²) < 4.78 is 36.8. The highest BCUT2D eigenvalue weighted by Crippen LogP contribution is 2.17. The van der Waals surface area contributed by atoms with Crippen LogP contribution in [0.15, 0.2) is 18.2 Å². The number of halogens is 2. The normalized spacial score (nSPS) is 10.6. The minimum atomic E-state index is -3.35. The Labute approximate surface area is 94.1 Å². The molecule has 7 heteroatoms. The highest BCUT2D eigenvalue weighted by Gasteiger charge is 2.06. The van der Waals surface area contributed by atoms with Crippen LogP contribution in [0.1, 0.15) is 5.56 Å². The third-order valence-corrected chi connectivity index (χ3v) is 2.17. The molecular weight excluding hydrogens is 243 g/mol. The highest BCUT2D eigenvalue weighted by molar-refractivity contribution is 7.92. The Kier molecular flexibility index (Phi) is 4.99. The highest BCUT2D eigenvalue weighted by atomic mass is 35.5. The number of nitrogens with two attached hydrogens (primary N) is 1. The minimum absolute atomic E-state index is 0. The standard InChI is InChI=1S/C8H11FN2O2S.ClH/c1-14(12,13)11-8-3-2-7(9)4-6(8)5-10;/h2-4,11H,5,10H2,1H3;1H. The molecule has 0 radical (unpaired) electrons. The third kappa shape index (κ3) is 4.46. The fourth-order valence-electron chi connectivity index (χ4n) is 1.03. The van der Waals surface area contributed by atoms with Crippen molar-refractivity contribution in [2.45, 2.75) is 6.54 Å². The molecule has 3 N–H and O–H groups in total. The molecule has 0 fully saturated rings. The Balaban J connectivity index is 0.00000196. The summed E-state index contributed by atoms with van der Waals surface area (Å²) in [5, 5.41) is 0. The molecule has 4 nitrogen and oxygen atoms in total. The molecule has 86 valence electrons. The first-order valence-corrected chi connectivity index (χ1v) is 5.78. The summed E-state index contributed by atoms with van der Waals surface area (Å²) in [4.78, 5) is 0. The fraction of sp³-hybridized carbons (Fsp3) is 0.250. The first kappa shape index (κ1) is 14.2. The second-order valence-corrected chi connectivity index (χ2v) is 4.63. The average Bonchev–Trinajstić information content (AvgIpc) is 2.06. The van der Waals surface area contributed by atoms with Crippen molar-refractivity contribution >= 4 is 28.1 Å². The number of hydrogen-bond acceptors (Lipinski definition) is 3. The molecule has 0 unspecified atom stereocenters. The van der Waals surface area contributed by atoms with Crippen molar-refractivity contribution in [2.24, 2.45) is 5.73 Å². The van der Waals surface area contributed by atoms with Gasteiger partial charge in [-0.15, -0.1) is 12.4 Å². The number of anilines is 1. The van der Waals surface area contributed by atoms with Crippen molar-refractivity contribution in [3.05, 3.63) is 29.6 Å². The van der Waals surface area contributed by atoms with Crippen LogP contribution >= 0.6 is 12.4 Å². The van der Waals surface area contributed by atoms with Crippen LogP contribution in [-0.4, -0.2) is 14.7 Å². The van der Waals surface area contributed by atoms with E-state index in [4.69, 9.17) is 5.73 Å². The quantitative estimate of drug-likeness (QED) is 0.848. The predicted molar refractivity (Wildman–Crippen MR) is 60.0 cm³/mol. The van der Waals surface area contributed by atoms with E-state index in [1.807, 2.05) is 0 Å². The van der Waals surface area contributed by atoms with Crippen LogP contribution in [0.3, 0.4) is 0 Å². The zero-order chi connectivity index (χ0) is 10.8. The Morgan fingerprint density at radius 3 is 2.53 bits per heavy atom. The number of nitrogens with one attached hydrogen (secondary N) is 1. The summed E-state index contributed by atoms with van der Waals surface area (Å²) in [5.41, 5.74) is 6.08. The van der Waals surface area contributed by atoms with Crippen LogP contribution in [0.4, 0.5) is 10.1 Å². The van der Waals surface area contributed by atoms with Gasteiger partial charge in [0.05, 0.1) is 11.9 Å². The molecule has 0 amide bonds. The molecule has 0 spiro atoms. The van der Waals surface area contributed by atoms with E-state index in [-0.39, 0.29) is 19.0 Å². The number of hydrogen-bond donors (Lipinski definition) is 2. The summed E-state index contributed by atoms with van der Waals surface area (Å²) in [6, 6.07) is 3.72. The van der Waals surface area contributed by atoms with Gasteiger partial charge in [-0.05, 0) is 23.8 Å². The van der Waals surface area contributed by atoms with Crippen molar-refractivity contribution in [3.8, 4) is 0 Å². The zero-order valence-electron chi connectivity index (χ0n) is 8.03. The van der Waals surface area contributed by atoms with Gasteiger partial charge in [-0.2, -0.15) is 0 Å². The summed E-state index contributed by atoms with van der Waals surface area (Å²) in [7, 11) is -3.35. The van der Waals surface area contributed by atoms with Gasteiger partial charge in [-0.25, -0.2) is 12.8 Å². The van der Waals surface area contributed by atoms with Gasteiger partial charge < -0.3 is 5.73 Å². The van der Waals surface area contributed by atoms with Crippen LogP contribution in [0.25, 0.3) is 0 Å². The third-order valence-electron chi connectivity index (χ3n) is 1.58. The SMILES string of the molecule is CS(=O)(=O)Nc1ccc(F)cc1CN.Cl. The van der Waals surface area contributed by atoms with Gasteiger partial charge in [-0.3, -0.25) is 4.72 Å². The van der Waals surface area contributed by atoms with E-state index in [2.05, 4.69) is 4.72 Å². The molecule has 1 aromatic carbocycles. The van der Waals surface area contributed by atoms with Crippen LogP contribution < -0.4 is 10.5 Å². The fourth-order valence-corrected chi connectivity index (χ4v) is 1.63.